The first-order valence-electron chi connectivity index (χ1n) is 10.9. The lowest BCUT2D eigenvalue weighted by molar-refractivity contribution is 0.0590. The summed E-state index contributed by atoms with van der Waals surface area (Å²) in [6.45, 7) is 10.3. The maximum atomic E-state index is 13.6. The molecule has 4 nitrogen and oxygen atoms in total. The number of carbonyl (C=O) groups excluding carboxylic acids is 1. The van der Waals surface area contributed by atoms with Gasteiger partial charge in [0.05, 0.1) is 18.7 Å². The third-order valence-corrected chi connectivity index (χ3v) is 6.47. The van der Waals surface area contributed by atoms with E-state index in [0.29, 0.717) is 11.3 Å². The van der Waals surface area contributed by atoms with Gasteiger partial charge in [0.25, 0.3) is 5.91 Å². The highest BCUT2D eigenvalue weighted by Crippen LogP contribution is 2.40. The smallest absolute Gasteiger partial charge is 0.255 e. The molecular formula is C26H34N2O2. The Labute approximate surface area is 180 Å². The van der Waals surface area contributed by atoms with Crippen LogP contribution in [0, 0.1) is 6.92 Å². The van der Waals surface area contributed by atoms with Crippen LogP contribution in [0.5, 0.6) is 5.75 Å². The molecule has 0 aliphatic carbocycles. The molecule has 30 heavy (non-hydrogen) atoms. The monoisotopic (exact) mass is 406 g/mol. The Balaban J connectivity index is 2.07. The molecule has 1 aliphatic heterocycles. The maximum Gasteiger partial charge on any atom is 0.255 e. The number of amides is 1. The molecule has 2 aromatic rings. The van der Waals surface area contributed by atoms with E-state index in [0.717, 1.165) is 37.1 Å². The van der Waals surface area contributed by atoms with E-state index in [1.165, 1.54) is 12.8 Å². The van der Waals surface area contributed by atoms with Crippen LogP contribution < -0.4 is 10.1 Å². The maximum absolute atomic E-state index is 13.6. The second-order valence-electron chi connectivity index (χ2n) is 8.11. The molecule has 1 N–H and O–H groups in total. The Hall–Kier alpha value is -2.59. The van der Waals surface area contributed by atoms with E-state index < -0.39 is 0 Å². The van der Waals surface area contributed by atoms with Gasteiger partial charge in [-0.3, -0.25) is 9.69 Å². The molecule has 0 saturated carbocycles. The minimum Gasteiger partial charge on any atom is -0.496 e. The van der Waals surface area contributed by atoms with E-state index in [1.54, 1.807) is 7.11 Å². The van der Waals surface area contributed by atoms with E-state index in [9.17, 15) is 4.79 Å². The largest absolute Gasteiger partial charge is 0.496 e. The molecule has 2 atom stereocenters. The average molecular weight is 407 g/mol. The van der Waals surface area contributed by atoms with Crippen molar-refractivity contribution in [3.05, 3.63) is 77.9 Å². The topological polar surface area (TPSA) is 41.6 Å². The normalized spacial score (nSPS) is 17.2. The van der Waals surface area contributed by atoms with E-state index in [-0.39, 0.29) is 17.5 Å². The fourth-order valence-corrected chi connectivity index (χ4v) is 4.89. The van der Waals surface area contributed by atoms with Crippen molar-refractivity contribution < 1.29 is 9.53 Å². The van der Waals surface area contributed by atoms with E-state index in [2.05, 4.69) is 35.9 Å². The van der Waals surface area contributed by atoms with E-state index in [1.807, 2.05) is 49.4 Å². The first-order valence-corrected chi connectivity index (χ1v) is 10.9. The Kier molecular flexibility index (Phi) is 7.33. The lowest BCUT2D eigenvalue weighted by Crippen LogP contribution is -2.56. The number of carbonyl (C=O) groups is 1. The minimum atomic E-state index is -0.217. The Morgan fingerprint density at radius 1 is 1.20 bits per heavy atom. The number of rotatable bonds is 9. The molecule has 4 heteroatoms. The minimum absolute atomic E-state index is 0.0973. The quantitative estimate of drug-likeness (QED) is 0.575. The van der Waals surface area contributed by atoms with Gasteiger partial charge in [-0.2, -0.15) is 0 Å². The highest BCUT2D eigenvalue weighted by Gasteiger charge is 2.44. The van der Waals surface area contributed by atoms with Gasteiger partial charge < -0.3 is 10.1 Å². The van der Waals surface area contributed by atoms with Crippen molar-refractivity contribution in [2.45, 2.75) is 51.1 Å². The first-order chi connectivity index (χ1) is 14.6. The van der Waals surface area contributed by atoms with Gasteiger partial charge in [0, 0.05) is 5.54 Å². The zero-order chi connectivity index (χ0) is 21.6. The number of hydrogen-bond acceptors (Lipinski definition) is 3. The predicted octanol–water partition coefficient (Wildman–Crippen LogP) is 5.30. The summed E-state index contributed by atoms with van der Waals surface area (Å²) in [5.41, 5.74) is 2.41. The third kappa shape index (κ3) is 4.29. The second kappa shape index (κ2) is 9.94. The third-order valence-electron chi connectivity index (χ3n) is 6.47. The Morgan fingerprint density at radius 3 is 2.50 bits per heavy atom. The summed E-state index contributed by atoms with van der Waals surface area (Å²) >= 11 is 0. The molecule has 1 saturated heterocycles. The number of methoxy groups -OCH3 is 1. The molecule has 1 amide bonds. The van der Waals surface area contributed by atoms with Crippen molar-refractivity contribution in [1.29, 1.82) is 0 Å². The van der Waals surface area contributed by atoms with Crippen molar-refractivity contribution in [3.8, 4) is 5.75 Å². The van der Waals surface area contributed by atoms with Gasteiger partial charge in [-0.25, -0.2) is 0 Å². The molecule has 1 fully saturated rings. The van der Waals surface area contributed by atoms with Gasteiger partial charge in [-0.05, 0) is 62.9 Å². The van der Waals surface area contributed by atoms with Crippen molar-refractivity contribution >= 4 is 5.91 Å². The van der Waals surface area contributed by atoms with Crippen LogP contribution in [0.1, 0.15) is 60.1 Å². The van der Waals surface area contributed by atoms with E-state index >= 15 is 0 Å². The number of aryl methyl sites for hydroxylation is 1. The van der Waals surface area contributed by atoms with Crippen molar-refractivity contribution in [2.24, 2.45) is 0 Å². The molecule has 1 aliphatic rings. The Morgan fingerprint density at radius 2 is 1.90 bits per heavy atom. The van der Waals surface area contributed by atoms with Crippen LogP contribution in [0.2, 0.25) is 0 Å². The van der Waals surface area contributed by atoms with Gasteiger partial charge in [0.15, 0.2) is 0 Å². The van der Waals surface area contributed by atoms with Gasteiger partial charge >= 0.3 is 0 Å². The summed E-state index contributed by atoms with van der Waals surface area (Å²) in [5.74, 6) is 0.506. The number of nitrogens with zero attached hydrogens (tertiary/aromatic N) is 1. The van der Waals surface area contributed by atoms with Crippen LogP contribution in [-0.2, 0) is 0 Å². The van der Waals surface area contributed by atoms with Crippen LogP contribution in [0.3, 0.4) is 0 Å². The first kappa shape index (κ1) is 22.1. The SMILES string of the molecule is C=CCC(CC)(C(NC(=O)c1c(C)cccc1OC)c1ccccc1)N1CCCC1. The zero-order valence-electron chi connectivity index (χ0n) is 18.5. The number of ether oxygens (including phenoxy) is 1. The lowest BCUT2D eigenvalue weighted by atomic mass is 9.78. The summed E-state index contributed by atoms with van der Waals surface area (Å²) in [6, 6.07) is 15.9. The molecular weight excluding hydrogens is 372 g/mol. The lowest BCUT2D eigenvalue weighted by Gasteiger charge is -2.47. The van der Waals surface area contributed by atoms with Crippen LogP contribution >= 0.6 is 0 Å². The summed E-state index contributed by atoms with van der Waals surface area (Å²) in [6.07, 6.45) is 6.12. The number of benzene rings is 2. The van der Waals surface area contributed by atoms with Gasteiger partial charge in [0.1, 0.15) is 5.75 Å². The van der Waals surface area contributed by atoms with Crippen LogP contribution in [0.25, 0.3) is 0 Å². The molecule has 0 radical (unpaired) electrons. The average Bonchev–Trinajstić information content (AvgIpc) is 3.31. The molecule has 0 aromatic heterocycles. The fourth-order valence-electron chi connectivity index (χ4n) is 4.89. The molecule has 0 spiro atoms. The molecule has 3 rings (SSSR count). The summed E-state index contributed by atoms with van der Waals surface area (Å²) < 4.78 is 5.51. The standard InChI is InChI=1S/C26H34N2O2/c1-5-17-26(6-2,28-18-10-11-19-28)24(21-14-8-7-9-15-21)27-25(29)23-20(3)13-12-16-22(23)30-4/h5,7-9,12-16,24H,1,6,10-11,17-19H2,2-4H3,(H,27,29). The highest BCUT2D eigenvalue weighted by molar-refractivity contribution is 5.98. The number of nitrogens with one attached hydrogen (secondary N) is 1. The van der Waals surface area contributed by atoms with Crippen LogP contribution in [-0.4, -0.2) is 36.5 Å². The highest BCUT2D eigenvalue weighted by atomic mass is 16.5. The summed E-state index contributed by atoms with van der Waals surface area (Å²) in [7, 11) is 1.61. The molecule has 1 heterocycles. The van der Waals surface area contributed by atoms with Crippen molar-refractivity contribution in [2.75, 3.05) is 20.2 Å². The summed E-state index contributed by atoms with van der Waals surface area (Å²) in [5, 5.41) is 3.41. The molecule has 2 aromatic carbocycles. The van der Waals surface area contributed by atoms with Crippen LogP contribution in [0.4, 0.5) is 0 Å². The zero-order valence-corrected chi connectivity index (χ0v) is 18.5. The number of likely N-dealkylation sites (tertiary alicyclic amines) is 1. The number of hydrogen-bond donors (Lipinski definition) is 1. The van der Waals surface area contributed by atoms with Gasteiger partial charge in [0.2, 0.25) is 0 Å². The van der Waals surface area contributed by atoms with Crippen molar-refractivity contribution in [3.63, 3.8) is 0 Å². The van der Waals surface area contributed by atoms with E-state index in [4.69, 9.17) is 4.74 Å². The predicted molar refractivity (Wildman–Crippen MR) is 123 cm³/mol. The van der Waals surface area contributed by atoms with Crippen LogP contribution in [0.15, 0.2) is 61.2 Å². The second-order valence-corrected chi connectivity index (χ2v) is 8.11. The fraction of sp³-hybridized carbons (Fsp3) is 0.423. The molecule has 2 unspecified atom stereocenters. The molecule has 0 bridgehead atoms. The Bertz CT molecular complexity index is 859. The van der Waals surface area contributed by atoms with Gasteiger partial charge in [-0.15, -0.1) is 6.58 Å². The van der Waals surface area contributed by atoms with Crippen molar-refractivity contribution in [1.82, 2.24) is 10.2 Å². The van der Waals surface area contributed by atoms with Gasteiger partial charge in [-0.1, -0.05) is 55.5 Å². The summed E-state index contributed by atoms with van der Waals surface area (Å²) in [4.78, 5) is 16.1. The molecule has 160 valence electrons.